The Morgan fingerprint density at radius 3 is 1.42 bits per heavy atom. The molecule has 0 heteroatoms. The van der Waals surface area contributed by atoms with Crippen LogP contribution >= 0.6 is 0 Å². The summed E-state index contributed by atoms with van der Waals surface area (Å²) in [6.07, 6.45) is 3.34. The molecule has 2 atom stereocenters. The van der Waals surface area contributed by atoms with Crippen LogP contribution in [0.2, 0.25) is 0 Å². The first kappa shape index (κ1) is 18.6. The van der Waals surface area contributed by atoms with E-state index in [2.05, 4.69) is 98.8 Å². The average molecular weight is 401 g/mol. The standard InChI is InChI=1S/C31H28/c1-20(24-13-7-15-28-26-11-5-3-9-22(26)18-30(24)28)17-21(2)25-14-8-16-29-27-12-6-4-10-23(27)19-31(25)29/h3-16,20-21H,17-19H2,1-2H3. The van der Waals surface area contributed by atoms with Crippen LogP contribution in [-0.4, -0.2) is 0 Å². The van der Waals surface area contributed by atoms with E-state index in [1.54, 1.807) is 11.1 Å². The maximum Gasteiger partial charge on any atom is -0.00106 e. The lowest BCUT2D eigenvalue weighted by Gasteiger charge is -2.22. The van der Waals surface area contributed by atoms with Crippen LogP contribution in [0.25, 0.3) is 22.3 Å². The largest absolute Gasteiger partial charge is 0.0619 e. The summed E-state index contributed by atoms with van der Waals surface area (Å²) >= 11 is 0. The van der Waals surface area contributed by atoms with Crippen molar-refractivity contribution in [1.82, 2.24) is 0 Å². The van der Waals surface area contributed by atoms with Gasteiger partial charge in [0, 0.05) is 0 Å². The second-order valence-electron chi connectivity index (χ2n) is 9.45. The van der Waals surface area contributed by atoms with Gasteiger partial charge in [-0.25, -0.2) is 0 Å². The fourth-order valence-electron chi connectivity index (χ4n) is 6.07. The van der Waals surface area contributed by atoms with Crippen LogP contribution < -0.4 is 0 Å². The van der Waals surface area contributed by atoms with Crippen LogP contribution in [0.3, 0.4) is 0 Å². The minimum atomic E-state index is 0.541. The molecule has 0 aromatic heterocycles. The molecule has 0 nitrogen and oxygen atoms in total. The van der Waals surface area contributed by atoms with Crippen molar-refractivity contribution in [3.8, 4) is 22.3 Å². The zero-order valence-corrected chi connectivity index (χ0v) is 18.4. The zero-order valence-electron chi connectivity index (χ0n) is 18.4. The molecule has 6 rings (SSSR count). The Kier molecular flexibility index (Phi) is 4.35. The molecule has 152 valence electrons. The Hall–Kier alpha value is -3.12. The second kappa shape index (κ2) is 7.24. The number of benzene rings is 4. The average Bonchev–Trinajstić information content (AvgIpc) is 3.37. The van der Waals surface area contributed by atoms with Crippen molar-refractivity contribution in [2.45, 2.75) is 44.9 Å². The van der Waals surface area contributed by atoms with E-state index in [4.69, 9.17) is 0 Å². The highest BCUT2D eigenvalue weighted by Gasteiger charge is 2.26. The summed E-state index contributed by atoms with van der Waals surface area (Å²) in [5.41, 5.74) is 14.9. The van der Waals surface area contributed by atoms with E-state index in [0.29, 0.717) is 11.8 Å². The molecule has 0 N–H and O–H groups in total. The highest BCUT2D eigenvalue weighted by Crippen LogP contribution is 2.44. The van der Waals surface area contributed by atoms with Gasteiger partial charge < -0.3 is 0 Å². The van der Waals surface area contributed by atoms with E-state index in [-0.39, 0.29) is 0 Å². The summed E-state index contributed by atoms with van der Waals surface area (Å²) in [5.74, 6) is 1.08. The summed E-state index contributed by atoms with van der Waals surface area (Å²) in [4.78, 5) is 0. The fraction of sp³-hybridized carbons (Fsp3) is 0.226. The second-order valence-corrected chi connectivity index (χ2v) is 9.45. The lowest BCUT2D eigenvalue weighted by Crippen LogP contribution is -2.06. The smallest absolute Gasteiger partial charge is 0.00106 e. The van der Waals surface area contributed by atoms with Crippen LogP contribution in [0.1, 0.15) is 65.5 Å². The molecule has 0 aliphatic heterocycles. The summed E-state index contributed by atoms with van der Waals surface area (Å²) in [6.45, 7) is 4.85. The molecule has 4 aromatic rings. The monoisotopic (exact) mass is 400 g/mol. The van der Waals surface area contributed by atoms with Gasteiger partial charge in [0.25, 0.3) is 0 Å². The lowest BCUT2D eigenvalue weighted by molar-refractivity contribution is 0.588. The van der Waals surface area contributed by atoms with E-state index in [0.717, 1.165) is 12.8 Å². The number of hydrogen-bond donors (Lipinski definition) is 0. The maximum absolute atomic E-state index is 2.42. The van der Waals surface area contributed by atoms with Crippen molar-refractivity contribution in [1.29, 1.82) is 0 Å². The molecule has 2 aliphatic carbocycles. The molecule has 0 radical (unpaired) electrons. The van der Waals surface area contributed by atoms with E-state index in [1.165, 1.54) is 50.9 Å². The molecule has 2 aliphatic rings. The normalized spacial score (nSPS) is 15.0. The van der Waals surface area contributed by atoms with Crippen LogP contribution in [0.15, 0.2) is 84.9 Å². The first-order valence-electron chi connectivity index (χ1n) is 11.6. The van der Waals surface area contributed by atoms with E-state index < -0.39 is 0 Å². The molecule has 0 fully saturated rings. The van der Waals surface area contributed by atoms with Gasteiger partial charge in [-0.1, -0.05) is 98.8 Å². The molecule has 0 saturated heterocycles. The highest BCUT2D eigenvalue weighted by molar-refractivity contribution is 5.79. The molecule has 4 aromatic carbocycles. The number of hydrogen-bond acceptors (Lipinski definition) is 0. The van der Waals surface area contributed by atoms with Crippen molar-refractivity contribution in [2.75, 3.05) is 0 Å². The van der Waals surface area contributed by atoms with Crippen molar-refractivity contribution in [3.63, 3.8) is 0 Å². The minimum absolute atomic E-state index is 0.541. The highest BCUT2D eigenvalue weighted by atomic mass is 14.3. The van der Waals surface area contributed by atoms with Gasteiger partial charge in [0.05, 0.1) is 0 Å². The van der Waals surface area contributed by atoms with Gasteiger partial charge in [-0.2, -0.15) is 0 Å². The van der Waals surface area contributed by atoms with Gasteiger partial charge in [0.15, 0.2) is 0 Å². The minimum Gasteiger partial charge on any atom is -0.0619 e. The summed E-state index contributed by atoms with van der Waals surface area (Å²) in [7, 11) is 0. The number of fused-ring (bicyclic) bond motifs is 6. The predicted molar refractivity (Wildman–Crippen MR) is 131 cm³/mol. The zero-order chi connectivity index (χ0) is 20.9. The molecule has 0 bridgehead atoms. The van der Waals surface area contributed by atoms with Gasteiger partial charge in [-0.3, -0.25) is 0 Å². The van der Waals surface area contributed by atoms with Gasteiger partial charge in [0.2, 0.25) is 0 Å². The Balaban J connectivity index is 1.30. The first-order valence-corrected chi connectivity index (χ1v) is 11.6. The van der Waals surface area contributed by atoms with Gasteiger partial charge in [0.1, 0.15) is 0 Å². The molecule has 0 saturated carbocycles. The van der Waals surface area contributed by atoms with Gasteiger partial charge in [-0.15, -0.1) is 0 Å². The summed E-state index contributed by atoms with van der Waals surface area (Å²) < 4.78 is 0. The summed E-state index contributed by atoms with van der Waals surface area (Å²) in [5, 5.41) is 0. The van der Waals surface area contributed by atoms with Crippen molar-refractivity contribution in [3.05, 3.63) is 118 Å². The van der Waals surface area contributed by atoms with Crippen molar-refractivity contribution >= 4 is 0 Å². The van der Waals surface area contributed by atoms with Crippen molar-refractivity contribution in [2.24, 2.45) is 0 Å². The lowest BCUT2D eigenvalue weighted by atomic mass is 9.82. The van der Waals surface area contributed by atoms with Crippen LogP contribution in [-0.2, 0) is 12.8 Å². The molecule has 2 unspecified atom stereocenters. The Bertz CT molecular complexity index is 1190. The summed E-state index contributed by atoms with van der Waals surface area (Å²) in [6, 6.07) is 31.7. The molecular weight excluding hydrogens is 372 g/mol. The molecule has 0 heterocycles. The first-order chi connectivity index (χ1) is 15.2. The molecule has 0 spiro atoms. The Labute approximate surface area is 185 Å². The molecule has 0 amide bonds. The third kappa shape index (κ3) is 2.97. The third-order valence-electron chi connectivity index (χ3n) is 7.54. The maximum atomic E-state index is 2.42. The Morgan fingerprint density at radius 2 is 0.935 bits per heavy atom. The Morgan fingerprint density at radius 1 is 0.516 bits per heavy atom. The van der Waals surface area contributed by atoms with Gasteiger partial charge >= 0.3 is 0 Å². The topological polar surface area (TPSA) is 0 Å². The molecule has 31 heavy (non-hydrogen) atoms. The van der Waals surface area contributed by atoms with E-state index in [1.807, 2.05) is 0 Å². The van der Waals surface area contributed by atoms with Crippen molar-refractivity contribution < 1.29 is 0 Å². The fourth-order valence-corrected chi connectivity index (χ4v) is 6.07. The van der Waals surface area contributed by atoms with E-state index in [9.17, 15) is 0 Å². The SMILES string of the molecule is CC(CC(C)c1cccc2c1Cc1ccccc1-2)c1cccc2c1Cc1ccccc1-2. The van der Waals surface area contributed by atoms with Crippen LogP contribution in [0.4, 0.5) is 0 Å². The van der Waals surface area contributed by atoms with Gasteiger partial charge in [-0.05, 0) is 86.7 Å². The van der Waals surface area contributed by atoms with Crippen LogP contribution in [0.5, 0.6) is 0 Å². The quantitative estimate of drug-likeness (QED) is 0.280. The van der Waals surface area contributed by atoms with E-state index >= 15 is 0 Å². The predicted octanol–water partition coefficient (Wildman–Crippen LogP) is 8.13. The molecular formula is C31H28. The third-order valence-corrected chi connectivity index (χ3v) is 7.54. The number of rotatable bonds is 4. The van der Waals surface area contributed by atoms with Crippen LogP contribution in [0, 0.1) is 0 Å².